The molecule has 0 aromatic carbocycles. The molecule has 60 valence electrons. The number of piperazine rings is 1. The van der Waals surface area contributed by atoms with Crippen LogP contribution in [-0.4, -0.2) is 49.6 Å². The molecule has 1 rings (SSSR count). The first-order valence-electron chi connectivity index (χ1n) is 3.87. The Morgan fingerprint density at radius 3 is 2.50 bits per heavy atom. The lowest BCUT2D eigenvalue weighted by molar-refractivity contribution is -0.908. The molecule has 10 heavy (non-hydrogen) atoms. The maximum absolute atomic E-state index is 3.48. The van der Waals surface area contributed by atoms with E-state index in [-0.39, 0.29) is 0 Å². The zero-order valence-electron chi connectivity index (χ0n) is 6.57. The smallest absolute Gasteiger partial charge is 0.0912 e. The molecule has 0 spiro atoms. The zero-order chi connectivity index (χ0) is 7.45. The van der Waals surface area contributed by atoms with Gasteiger partial charge in [0.1, 0.15) is 0 Å². The number of quaternary nitrogens is 1. The summed E-state index contributed by atoms with van der Waals surface area (Å²) in [4.78, 5) is 0. The first-order chi connectivity index (χ1) is 4.77. The van der Waals surface area contributed by atoms with Crippen LogP contribution in [0.1, 0.15) is 0 Å². The Morgan fingerprint density at radius 1 is 1.40 bits per heavy atom. The molecule has 1 heterocycles. The fourth-order valence-electron chi connectivity index (χ4n) is 1.36. The number of hydrogen-bond acceptors (Lipinski definition) is 1. The molecule has 2 nitrogen and oxygen atoms in total. The van der Waals surface area contributed by atoms with E-state index >= 15 is 0 Å². The van der Waals surface area contributed by atoms with Crippen molar-refractivity contribution in [3.8, 4) is 0 Å². The van der Waals surface area contributed by atoms with Crippen LogP contribution in [0, 0.1) is 0 Å². The van der Waals surface area contributed by atoms with E-state index in [1.54, 1.807) is 0 Å². The van der Waals surface area contributed by atoms with Crippen molar-refractivity contribution in [1.82, 2.24) is 5.32 Å². The van der Waals surface area contributed by atoms with Crippen LogP contribution in [0.15, 0.2) is 0 Å². The first-order valence-corrected chi connectivity index (χ1v) is 4.99. The minimum atomic E-state index is 1.13. The van der Waals surface area contributed by atoms with E-state index in [0.717, 1.165) is 5.33 Å². The van der Waals surface area contributed by atoms with Gasteiger partial charge in [0.2, 0.25) is 0 Å². The van der Waals surface area contributed by atoms with Crippen LogP contribution in [0.5, 0.6) is 0 Å². The normalized spacial score (nSPS) is 24.6. The SMILES string of the molecule is C[N+]1(CCBr)CCNCC1. The standard InChI is InChI=1S/C7H16BrN2/c1-10(5-2-8)6-3-9-4-7-10/h9H,2-7H2,1H3/q+1. The van der Waals surface area contributed by atoms with Gasteiger partial charge in [0, 0.05) is 13.1 Å². The summed E-state index contributed by atoms with van der Waals surface area (Å²) in [6.07, 6.45) is 0. The molecule has 0 saturated carbocycles. The largest absolute Gasteiger partial charge is 0.323 e. The third-order valence-corrected chi connectivity index (χ3v) is 2.64. The predicted molar refractivity (Wildman–Crippen MR) is 47.4 cm³/mol. The van der Waals surface area contributed by atoms with Crippen molar-refractivity contribution in [2.75, 3.05) is 45.1 Å². The lowest BCUT2D eigenvalue weighted by Gasteiger charge is -2.37. The fourth-order valence-corrected chi connectivity index (χ4v) is 2.22. The highest BCUT2D eigenvalue weighted by Crippen LogP contribution is 2.04. The Bertz CT molecular complexity index is 94.3. The Kier molecular flexibility index (Phi) is 3.14. The maximum atomic E-state index is 3.48. The van der Waals surface area contributed by atoms with Gasteiger partial charge in [-0.2, -0.15) is 0 Å². The highest BCUT2D eigenvalue weighted by Gasteiger charge is 2.22. The Morgan fingerprint density at radius 2 is 2.00 bits per heavy atom. The highest BCUT2D eigenvalue weighted by molar-refractivity contribution is 9.09. The van der Waals surface area contributed by atoms with E-state index < -0.39 is 0 Å². The van der Waals surface area contributed by atoms with Gasteiger partial charge in [0.05, 0.1) is 32.0 Å². The van der Waals surface area contributed by atoms with Crippen molar-refractivity contribution in [2.24, 2.45) is 0 Å². The van der Waals surface area contributed by atoms with Gasteiger partial charge in [0.15, 0.2) is 0 Å². The minimum absolute atomic E-state index is 1.13. The predicted octanol–water partition coefficient (Wildman–Crippen LogP) is 0.431. The van der Waals surface area contributed by atoms with Crippen LogP contribution in [0.25, 0.3) is 0 Å². The second-order valence-corrected chi connectivity index (χ2v) is 4.02. The Balaban J connectivity index is 2.32. The van der Waals surface area contributed by atoms with E-state index in [4.69, 9.17) is 0 Å². The zero-order valence-corrected chi connectivity index (χ0v) is 8.15. The number of nitrogens with one attached hydrogen (secondary N) is 1. The summed E-state index contributed by atoms with van der Waals surface area (Å²) in [5.41, 5.74) is 0. The summed E-state index contributed by atoms with van der Waals surface area (Å²) >= 11 is 3.48. The van der Waals surface area contributed by atoms with Crippen molar-refractivity contribution < 1.29 is 4.48 Å². The van der Waals surface area contributed by atoms with E-state index in [0.29, 0.717) is 0 Å². The molecular formula is C7H16BrN2+. The van der Waals surface area contributed by atoms with Crippen LogP contribution < -0.4 is 5.32 Å². The molecule has 1 fully saturated rings. The van der Waals surface area contributed by atoms with Crippen LogP contribution in [-0.2, 0) is 0 Å². The van der Waals surface area contributed by atoms with E-state index in [1.807, 2.05) is 0 Å². The van der Waals surface area contributed by atoms with Gasteiger partial charge < -0.3 is 9.80 Å². The molecule has 0 bridgehead atoms. The number of likely N-dealkylation sites (N-methyl/N-ethyl adjacent to an activating group) is 1. The van der Waals surface area contributed by atoms with Gasteiger partial charge >= 0.3 is 0 Å². The Hall–Kier alpha value is 0.400. The summed E-state index contributed by atoms with van der Waals surface area (Å²) in [5.74, 6) is 0. The number of rotatable bonds is 2. The molecular weight excluding hydrogens is 192 g/mol. The summed E-state index contributed by atoms with van der Waals surface area (Å²) in [5, 5.41) is 4.50. The molecule has 1 saturated heterocycles. The molecule has 0 aromatic rings. The van der Waals surface area contributed by atoms with Gasteiger partial charge in [-0.05, 0) is 0 Å². The maximum Gasteiger partial charge on any atom is 0.0912 e. The average Bonchev–Trinajstić information content (AvgIpc) is 1.89. The van der Waals surface area contributed by atoms with Crippen LogP contribution >= 0.6 is 15.9 Å². The van der Waals surface area contributed by atoms with Gasteiger partial charge in [-0.25, -0.2) is 0 Å². The Labute approximate surface area is 71.3 Å². The van der Waals surface area contributed by atoms with Crippen LogP contribution in [0.3, 0.4) is 0 Å². The van der Waals surface area contributed by atoms with Crippen molar-refractivity contribution >= 4 is 15.9 Å². The molecule has 1 aliphatic rings. The van der Waals surface area contributed by atoms with Crippen molar-refractivity contribution in [2.45, 2.75) is 0 Å². The van der Waals surface area contributed by atoms with Crippen LogP contribution in [0.4, 0.5) is 0 Å². The van der Waals surface area contributed by atoms with Gasteiger partial charge in [-0.1, -0.05) is 15.9 Å². The molecule has 1 aliphatic heterocycles. The summed E-state index contributed by atoms with van der Waals surface area (Å²) in [7, 11) is 2.34. The number of hydrogen-bond donors (Lipinski definition) is 1. The molecule has 0 aromatic heterocycles. The quantitative estimate of drug-likeness (QED) is 0.512. The van der Waals surface area contributed by atoms with Crippen molar-refractivity contribution in [1.29, 1.82) is 0 Å². The van der Waals surface area contributed by atoms with E-state index in [2.05, 4.69) is 28.3 Å². The lowest BCUT2D eigenvalue weighted by Crippen LogP contribution is -2.56. The molecule has 0 aliphatic carbocycles. The van der Waals surface area contributed by atoms with Gasteiger partial charge in [-0.3, -0.25) is 0 Å². The monoisotopic (exact) mass is 207 g/mol. The third-order valence-electron chi connectivity index (χ3n) is 2.28. The molecule has 0 unspecified atom stereocenters. The molecule has 0 amide bonds. The second-order valence-electron chi connectivity index (χ2n) is 3.23. The molecule has 3 heteroatoms. The van der Waals surface area contributed by atoms with Gasteiger partial charge in [0.25, 0.3) is 0 Å². The van der Waals surface area contributed by atoms with Crippen molar-refractivity contribution in [3.05, 3.63) is 0 Å². The summed E-state index contributed by atoms with van der Waals surface area (Å²) in [6, 6.07) is 0. The van der Waals surface area contributed by atoms with Crippen LogP contribution in [0.2, 0.25) is 0 Å². The highest BCUT2D eigenvalue weighted by atomic mass is 79.9. The number of halogens is 1. The molecule has 0 radical (unpaired) electrons. The second kappa shape index (κ2) is 3.69. The molecule has 0 atom stereocenters. The third kappa shape index (κ3) is 2.22. The molecule has 1 N–H and O–H groups in total. The van der Waals surface area contributed by atoms with Crippen molar-refractivity contribution in [3.63, 3.8) is 0 Å². The lowest BCUT2D eigenvalue weighted by atomic mass is 10.3. The summed E-state index contributed by atoms with van der Waals surface area (Å²) < 4.78 is 1.23. The van der Waals surface area contributed by atoms with E-state index in [1.165, 1.54) is 37.2 Å². The topological polar surface area (TPSA) is 12.0 Å². The van der Waals surface area contributed by atoms with Gasteiger partial charge in [-0.15, -0.1) is 0 Å². The van der Waals surface area contributed by atoms with E-state index in [9.17, 15) is 0 Å². The summed E-state index contributed by atoms with van der Waals surface area (Å²) in [6.45, 7) is 6.20. The fraction of sp³-hybridized carbons (Fsp3) is 1.00. The first kappa shape index (κ1) is 8.50. The number of alkyl halides is 1. The number of nitrogens with zero attached hydrogens (tertiary/aromatic N) is 1. The minimum Gasteiger partial charge on any atom is -0.323 e. The average molecular weight is 208 g/mol.